The van der Waals surface area contributed by atoms with Gasteiger partial charge < -0.3 is 5.32 Å². The summed E-state index contributed by atoms with van der Waals surface area (Å²) in [7, 11) is 0. The molecule has 0 aliphatic carbocycles. The van der Waals surface area contributed by atoms with Crippen molar-refractivity contribution in [3.05, 3.63) is 35.3 Å². The van der Waals surface area contributed by atoms with Crippen LogP contribution in [0.3, 0.4) is 0 Å². The second kappa shape index (κ2) is 5.68. The molecule has 3 heterocycles. The Balaban J connectivity index is 1.94. The van der Waals surface area contributed by atoms with Crippen LogP contribution in [0.2, 0.25) is 0 Å². The van der Waals surface area contributed by atoms with E-state index >= 15 is 0 Å². The lowest BCUT2D eigenvalue weighted by atomic mass is 10.2. The van der Waals surface area contributed by atoms with Crippen LogP contribution in [-0.2, 0) is 0 Å². The molecule has 102 valence electrons. The van der Waals surface area contributed by atoms with Gasteiger partial charge in [-0.25, -0.2) is 0 Å². The van der Waals surface area contributed by atoms with Crippen LogP contribution in [0.1, 0.15) is 12.6 Å². The third kappa shape index (κ3) is 2.57. The predicted octanol–water partition coefficient (Wildman–Crippen LogP) is 4.07. The van der Waals surface area contributed by atoms with Gasteiger partial charge in [-0.05, 0) is 37.4 Å². The van der Waals surface area contributed by atoms with E-state index in [1.54, 1.807) is 22.7 Å². The summed E-state index contributed by atoms with van der Waals surface area (Å²) in [5.41, 5.74) is 3.04. The Morgan fingerprint density at radius 1 is 1.20 bits per heavy atom. The molecule has 0 saturated carbocycles. The average Bonchev–Trinajstić information content (AvgIpc) is 3.10. The van der Waals surface area contributed by atoms with Crippen LogP contribution in [-0.4, -0.2) is 21.7 Å². The summed E-state index contributed by atoms with van der Waals surface area (Å²) in [4.78, 5) is 5.86. The highest BCUT2D eigenvalue weighted by atomic mass is 32.1. The molecular weight excluding hydrogens is 288 g/mol. The Kier molecular flexibility index (Phi) is 3.75. The number of rotatable bonds is 4. The van der Waals surface area contributed by atoms with Gasteiger partial charge in [0.2, 0.25) is 5.13 Å². The fourth-order valence-corrected chi connectivity index (χ4v) is 3.49. The van der Waals surface area contributed by atoms with Crippen LogP contribution in [0.4, 0.5) is 5.13 Å². The van der Waals surface area contributed by atoms with Gasteiger partial charge in [0.05, 0.1) is 10.6 Å². The fraction of sp³-hybridized carbons (Fsp3) is 0.214. The maximum Gasteiger partial charge on any atom is 0.205 e. The number of thiophene rings is 1. The number of pyridine rings is 1. The number of anilines is 1. The van der Waals surface area contributed by atoms with Crippen LogP contribution in [0.5, 0.6) is 0 Å². The summed E-state index contributed by atoms with van der Waals surface area (Å²) in [6.45, 7) is 4.91. The topological polar surface area (TPSA) is 50.7 Å². The predicted molar refractivity (Wildman–Crippen MR) is 85.4 cm³/mol. The molecule has 0 aliphatic heterocycles. The highest BCUT2D eigenvalue weighted by Crippen LogP contribution is 2.30. The van der Waals surface area contributed by atoms with Crippen molar-refractivity contribution in [2.45, 2.75) is 13.8 Å². The Morgan fingerprint density at radius 3 is 2.80 bits per heavy atom. The van der Waals surface area contributed by atoms with Crippen molar-refractivity contribution in [3.8, 4) is 21.1 Å². The maximum absolute atomic E-state index is 4.68. The SMILES string of the molecule is CCNc1nnc(-c2ccc(-c3cccs3)nc2C)s1. The van der Waals surface area contributed by atoms with Crippen molar-refractivity contribution < 1.29 is 0 Å². The van der Waals surface area contributed by atoms with Crippen molar-refractivity contribution in [1.82, 2.24) is 15.2 Å². The molecule has 3 aromatic rings. The normalized spacial score (nSPS) is 10.7. The van der Waals surface area contributed by atoms with E-state index in [1.807, 2.05) is 26.0 Å². The first-order valence-corrected chi connectivity index (χ1v) is 8.07. The Bertz CT molecular complexity index is 704. The number of hydrogen-bond acceptors (Lipinski definition) is 6. The number of aromatic nitrogens is 3. The van der Waals surface area contributed by atoms with Crippen molar-refractivity contribution in [3.63, 3.8) is 0 Å². The van der Waals surface area contributed by atoms with E-state index in [1.165, 1.54) is 4.88 Å². The number of hydrogen-bond donors (Lipinski definition) is 1. The molecule has 0 aliphatic rings. The molecule has 0 amide bonds. The van der Waals surface area contributed by atoms with Crippen LogP contribution < -0.4 is 5.32 Å². The highest BCUT2D eigenvalue weighted by molar-refractivity contribution is 7.18. The van der Waals surface area contributed by atoms with Gasteiger partial charge in [-0.2, -0.15) is 0 Å². The molecule has 0 radical (unpaired) electrons. The minimum Gasteiger partial charge on any atom is -0.360 e. The molecule has 3 aromatic heterocycles. The third-order valence-corrected chi connectivity index (χ3v) is 4.65. The Labute approximate surface area is 125 Å². The van der Waals surface area contributed by atoms with Gasteiger partial charge in [0.1, 0.15) is 0 Å². The van der Waals surface area contributed by atoms with E-state index in [4.69, 9.17) is 0 Å². The molecule has 0 bridgehead atoms. The van der Waals surface area contributed by atoms with Gasteiger partial charge in [-0.1, -0.05) is 17.4 Å². The molecule has 3 rings (SSSR count). The van der Waals surface area contributed by atoms with Gasteiger partial charge >= 0.3 is 0 Å². The molecule has 0 aromatic carbocycles. The summed E-state index contributed by atoms with van der Waals surface area (Å²) in [6.07, 6.45) is 0. The molecule has 6 heteroatoms. The molecule has 20 heavy (non-hydrogen) atoms. The maximum atomic E-state index is 4.68. The first-order chi connectivity index (χ1) is 9.78. The van der Waals surface area contributed by atoms with E-state index in [9.17, 15) is 0 Å². The zero-order valence-corrected chi connectivity index (χ0v) is 12.9. The largest absolute Gasteiger partial charge is 0.360 e. The quantitative estimate of drug-likeness (QED) is 0.789. The summed E-state index contributed by atoms with van der Waals surface area (Å²) in [5, 5.41) is 15.4. The molecule has 0 saturated heterocycles. The van der Waals surface area contributed by atoms with Crippen molar-refractivity contribution in [1.29, 1.82) is 0 Å². The van der Waals surface area contributed by atoms with E-state index in [0.717, 1.165) is 33.6 Å². The second-order valence-electron chi connectivity index (χ2n) is 4.25. The van der Waals surface area contributed by atoms with E-state index in [0.29, 0.717) is 0 Å². The van der Waals surface area contributed by atoms with Gasteiger partial charge in [-0.3, -0.25) is 4.98 Å². The Morgan fingerprint density at radius 2 is 2.10 bits per heavy atom. The monoisotopic (exact) mass is 302 g/mol. The summed E-state index contributed by atoms with van der Waals surface area (Å²) < 4.78 is 0. The van der Waals surface area contributed by atoms with E-state index < -0.39 is 0 Å². The van der Waals surface area contributed by atoms with Gasteiger partial charge in [0, 0.05) is 17.8 Å². The lowest BCUT2D eigenvalue weighted by Gasteiger charge is -2.03. The average molecular weight is 302 g/mol. The van der Waals surface area contributed by atoms with E-state index in [-0.39, 0.29) is 0 Å². The highest BCUT2D eigenvalue weighted by Gasteiger charge is 2.11. The third-order valence-electron chi connectivity index (χ3n) is 2.84. The second-order valence-corrected chi connectivity index (χ2v) is 6.17. The number of aryl methyl sites for hydroxylation is 1. The van der Waals surface area contributed by atoms with Crippen molar-refractivity contribution >= 4 is 27.8 Å². The minimum atomic E-state index is 0.850. The van der Waals surface area contributed by atoms with Crippen LogP contribution in [0, 0.1) is 6.92 Å². The van der Waals surface area contributed by atoms with Crippen molar-refractivity contribution in [2.24, 2.45) is 0 Å². The molecule has 0 fully saturated rings. The standard InChI is InChI=1S/C14H14N4S2/c1-3-15-14-18-17-13(20-14)10-6-7-11(16-9(10)2)12-5-4-8-19-12/h4-8H,3H2,1-2H3,(H,15,18). The Hall–Kier alpha value is -1.79. The number of nitrogens with one attached hydrogen (secondary N) is 1. The fourth-order valence-electron chi connectivity index (χ4n) is 1.90. The van der Waals surface area contributed by atoms with Gasteiger partial charge in [0.15, 0.2) is 5.01 Å². The zero-order valence-electron chi connectivity index (χ0n) is 11.3. The molecule has 0 atom stereocenters. The zero-order chi connectivity index (χ0) is 13.9. The molecule has 0 spiro atoms. The minimum absolute atomic E-state index is 0.850. The first kappa shape index (κ1) is 13.2. The molecule has 0 unspecified atom stereocenters. The summed E-state index contributed by atoms with van der Waals surface area (Å²) >= 11 is 3.26. The lowest BCUT2D eigenvalue weighted by molar-refractivity contribution is 1.06. The summed E-state index contributed by atoms with van der Waals surface area (Å²) in [6, 6.07) is 8.24. The molecule has 4 nitrogen and oxygen atoms in total. The van der Waals surface area contributed by atoms with Crippen LogP contribution in [0.25, 0.3) is 21.1 Å². The smallest absolute Gasteiger partial charge is 0.205 e. The number of nitrogens with zero attached hydrogens (tertiary/aromatic N) is 3. The lowest BCUT2D eigenvalue weighted by Crippen LogP contribution is -1.94. The van der Waals surface area contributed by atoms with Gasteiger partial charge in [0.25, 0.3) is 0 Å². The molecular formula is C14H14N4S2. The summed E-state index contributed by atoms with van der Waals surface area (Å²) in [5.74, 6) is 0. The molecule has 1 N–H and O–H groups in total. The van der Waals surface area contributed by atoms with E-state index in [2.05, 4.69) is 38.0 Å². The van der Waals surface area contributed by atoms with Crippen LogP contribution >= 0.6 is 22.7 Å². The van der Waals surface area contributed by atoms with Crippen LogP contribution in [0.15, 0.2) is 29.6 Å². The van der Waals surface area contributed by atoms with Crippen molar-refractivity contribution in [2.75, 3.05) is 11.9 Å². The first-order valence-electron chi connectivity index (χ1n) is 6.37. The van der Waals surface area contributed by atoms with Gasteiger partial charge in [-0.15, -0.1) is 21.5 Å².